The van der Waals surface area contributed by atoms with E-state index in [0.29, 0.717) is 61.3 Å². The van der Waals surface area contributed by atoms with Gasteiger partial charge in [0.05, 0.1) is 26.0 Å². The lowest BCUT2D eigenvalue weighted by Gasteiger charge is -2.25. The summed E-state index contributed by atoms with van der Waals surface area (Å²) in [6.07, 6.45) is 0. The van der Waals surface area contributed by atoms with Gasteiger partial charge in [-0.1, -0.05) is 17.3 Å². The zero-order valence-corrected chi connectivity index (χ0v) is 22.4. The van der Waals surface area contributed by atoms with Crippen LogP contribution >= 0.6 is 0 Å². The Labute approximate surface area is 233 Å². The van der Waals surface area contributed by atoms with Crippen LogP contribution in [0.4, 0.5) is 10.2 Å². The van der Waals surface area contributed by atoms with E-state index in [1.807, 2.05) is 0 Å². The average molecular weight is 566 g/mol. The number of morpholine rings is 1. The van der Waals surface area contributed by atoms with E-state index in [1.54, 1.807) is 37.3 Å². The Hall–Kier alpha value is -4.89. The molecule has 1 aliphatic rings. The molecule has 0 aliphatic carbocycles. The topological polar surface area (TPSA) is 168 Å². The van der Waals surface area contributed by atoms with Gasteiger partial charge in [0.15, 0.2) is 17.2 Å². The van der Waals surface area contributed by atoms with E-state index in [-0.39, 0.29) is 29.8 Å². The fourth-order valence-corrected chi connectivity index (χ4v) is 4.11. The van der Waals surface area contributed by atoms with Crippen molar-refractivity contribution in [3.8, 4) is 17.3 Å². The molecule has 2 aromatic carbocycles. The number of amides is 1. The van der Waals surface area contributed by atoms with E-state index in [2.05, 4.69) is 36.1 Å². The number of hydrogen-bond acceptors (Lipinski definition) is 12. The number of aromatic nitrogens is 5. The number of halogens is 1. The van der Waals surface area contributed by atoms with Gasteiger partial charge in [-0.2, -0.15) is 9.78 Å². The largest absolute Gasteiger partial charge is 0.493 e. The highest BCUT2D eigenvalue weighted by atomic mass is 19.1. The van der Waals surface area contributed by atoms with Gasteiger partial charge in [-0.25, -0.2) is 14.4 Å². The number of carbonyl (C=O) groups is 1. The third kappa shape index (κ3) is 6.47. The number of ether oxygens (including phenoxy) is 3. The summed E-state index contributed by atoms with van der Waals surface area (Å²) in [4.78, 5) is 15.5. The van der Waals surface area contributed by atoms with Crippen LogP contribution in [0.25, 0.3) is 5.82 Å². The van der Waals surface area contributed by atoms with Crippen molar-refractivity contribution in [1.82, 2.24) is 35.6 Å². The lowest BCUT2D eigenvalue weighted by atomic mass is 10.1. The van der Waals surface area contributed by atoms with Crippen molar-refractivity contribution >= 4 is 17.4 Å². The third-order valence-corrected chi connectivity index (χ3v) is 6.34. The number of nitrogens with zero attached hydrogens (tertiary/aromatic N) is 7. The summed E-state index contributed by atoms with van der Waals surface area (Å²) in [7, 11) is 1.52. The summed E-state index contributed by atoms with van der Waals surface area (Å²) in [5.74, 6) is 0.0681. The van der Waals surface area contributed by atoms with Crippen LogP contribution in [0.3, 0.4) is 0 Å². The molecule has 5 rings (SSSR count). The molecule has 4 aromatic rings. The van der Waals surface area contributed by atoms with Gasteiger partial charge in [-0.15, -0.1) is 5.10 Å². The summed E-state index contributed by atoms with van der Waals surface area (Å²) < 4.78 is 35.8. The van der Waals surface area contributed by atoms with Gasteiger partial charge in [0.2, 0.25) is 11.6 Å². The number of carbonyl (C=O) groups excluding carboxylic acids is 1. The van der Waals surface area contributed by atoms with Crippen molar-refractivity contribution in [3.63, 3.8) is 0 Å². The predicted molar refractivity (Wildman–Crippen MR) is 143 cm³/mol. The standard InChI is InChI=1S/C26H28FN9O5/c1-16(18-5-8-21(22(13-18)38-2)40-15-17-3-6-19(27)7-4-17)29-31-26(37)23-20(14-35-9-11-39-12-10-35)30-34-36(23)25-24(28)32-41-33-25/h3-8,13H,9-12,14-15H2,1-2H3,(H2,28,32)(H,31,37)/b29-16-. The molecule has 0 radical (unpaired) electrons. The number of hydrazone groups is 1. The first-order valence-electron chi connectivity index (χ1n) is 12.7. The number of nitrogens with one attached hydrogen (secondary N) is 1. The molecule has 1 saturated heterocycles. The fourth-order valence-electron chi connectivity index (χ4n) is 4.11. The summed E-state index contributed by atoms with van der Waals surface area (Å²) in [6, 6.07) is 11.3. The number of anilines is 1. The Bertz CT molecular complexity index is 1530. The molecule has 1 fully saturated rings. The van der Waals surface area contributed by atoms with E-state index < -0.39 is 5.91 Å². The molecule has 15 heteroatoms. The molecule has 0 unspecified atom stereocenters. The van der Waals surface area contributed by atoms with E-state index in [0.717, 1.165) is 5.56 Å². The average Bonchev–Trinajstić information content (AvgIpc) is 3.61. The van der Waals surface area contributed by atoms with Crippen molar-refractivity contribution < 1.29 is 28.0 Å². The maximum atomic E-state index is 13.4. The molecule has 0 bridgehead atoms. The van der Waals surface area contributed by atoms with Gasteiger partial charge in [-0.05, 0) is 53.1 Å². The van der Waals surface area contributed by atoms with E-state index in [4.69, 9.17) is 24.6 Å². The van der Waals surface area contributed by atoms with Gasteiger partial charge in [0.1, 0.15) is 18.1 Å². The first-order chi connectivity index (χ1) is 19.9. The van der Waals surface area contributed by atoms with Gasteiger partial charge >= 0.3 is 0 Å². The normalized spacial score (nSPS) is 14.2. The van der Waals surface area contributed by atoms with Gasteiger partial charge in [0.25, 0.3) is 5.91 Å². The van der Waals surface area contributed by atoms with Crippen LogP contribution in [0, 0.1) is 5.82 Å². The van der Waals surface area contributed by atoms with Gasteiger partial charge in [-0.3, -0.25) is 9.69 Å². The summed E-state index contributed by atoms with van der Waals surface area (Å²) in [5, 5.41) is 19.9. The first kappa shape index (κ1) is 27.7. The molecule has 0 spiro atoms. The summed E-state index contributed by atoms with van der Waals surface area (Å²) in [5.41, 5.74) is 10.9. The molecule has 1 amide bonds. The van der Waals surface area contributed by atoms with Crippen LogP contribution < -0.4 is 20.6 Å². The molecular weight excluding hydrogens is 537 g/mol. The lowest BCUT2D eigenvalue weighted by molar-refractivity contribution is 0.0335. The van der Waals surface area contributed by atoms with E-state index in [9.17, 15) is 9.18 Å². The number of rotatable bonds is 10. The van der Waals surface area contributed by atoms with Crippen molar-refractivity contribution in [3.05, 3.63) is 70.8 Å². The van der Waals surface area contributed by atoms with E-state index >= 15 is 0 Å². The third-order valence-electron chi connectivity index (χ3n) is 6.34. The highest BCUT2D eigenvalue weighted by Crippen LogP contribution is 2.29. The minimum atomic E-state index is -0.578. The second-order valence-electron chi connectivity index (χ2n) is 9.08. The highest BCUT2D eigenvalue weighted by Gasteiger charge is 2.27. The minimum Gasteiger partial charge on any atom is -0.493 e. The van der Waals surface area contributed by atoms with Crippen LogP contribution in [0.5, 0.6) is 11.5 Å². The Kier molecular flexibility index (Phi) is 8.45. The summed E-state index contributed by atoms with van der Waals surface area (Å²) in [6.45, 7) is 4.86. The number of nitrogens with two attached hydrogens (primary N) is 1. The van der Waals surface area contributed by atoms with Crippen molar-refractivity contribution in [2.24, 2.45) is 5.10 Å². The Morgan fingerprint density at radius 1 is 1.15 bits per heavy atom. The van der Waals surface area contributed by atoms with Crippen molar-refractivity contribution in [2.75, 3.05) is 39.1 Å². The van der Waals surface area contributed by atoms with Crippen LogP contribution in [-0.2, 0) is 17.9 Å². The number of benzene rings is 2. The Morgan fingerprint density at radius 3 is 2.63 bits per heavy atom. The minimum absolute atomic E-state index is 0.0394. The molecular formula is C26H28FN9O5. The summed E-state index contributed by atoms with van der Waals surface area (Å²) >= 11 is 0. The zero-order chi connectivity index (χ0) is 28.8. The lowest BCUT2D eigenvalue weighted by Crippen LogP contribution is -2.36. The predicted octanol–water partition coefficient (Wildman–Crippen LogP) is 1.95. The van der Waals surface area contributed by atoms with Crippen molar-refractivity contribution in [1.29, 1.82) is 0 Å². The Morgan fingerprint density at radius 2 is 1.93 bits per heavy atom. The first-order valence-corrected chi connectivity index (χ1v) is 12.7. The van der Waals surface area contributed by atoms with Crippen molar-refractivity contribution in [2.45, 2.75) is 20.1 Å². The maximum absolute atomic E-state index is 13.4. The second kappa shape index (κ2) is 12.5. The second-order valence-corrected chi connectivity index (χ2v) is 9.08. The molecule has 1 aliphatic heterocycles. The molecule has 0 atom stereocenters. The smallest absolute Gasteiger partial charge is 0.292 e. The SMILES string of the molecule is COc1cc(/C(C)=N\NC(=O)c2c(CN3CCOCC3)nnn2-c2nonc2N)ccc1OCc1ccc(F)cc1. The Balaban J connectivity index is 1.33. The number of hydrogen-bond donors (Lipinski definition) is 2. The monoisotopic (exact) mass is 565 g/mol. The molecule has 214 valence electrons. The van der Waals surface area contributed by atoms with Crippen LogP contribution in [0.2, 0.25) is 0 Å². The molecule has 3 heterocycles. The van der Waals surface area contributed by atoms with Crippen LogP contribution in [-0.4, -0.2) is 75.2 Å². The molecule has 2 aromatic heterocycles. The molecule has 14 nitrogen and oxygen atoms in total. The number of methoxy groups -OCH3 is 1. The molecule has 41 heavy (non-hydrogen) atoms. The maximum Gasteiger partial charge on any atom is 0.292 e. The van der Waals surface area contributed by atoms with Crippen LogP contribution in [0.15, 0.2) is 52.2 Å². The van der Waals surface area contributed by atoms with Crippen LogP contribution in [0.1, 0.15) is 34.2 Å². The van der Waals surface area contributed by atoms with Gasteiger partial charge < -0.3 is 19.9 Å². The fraction of sp³-hybridized carbons (Fsp3) is 0.308. The number of nitrogen functional groups attached to an aromatic ring is 1. The quantitative estimate of drug-likeness (QED) is 0.213. The van der Waals surface area contributed by atoms with E-state index in [1.165, 1.54) is 23.9 Å². The zero-order valence-electron chi connectivity index (χ0n) is 22.4. The highest BCUT2D eigenvalue weighted by molar-refractivity contribution is 6.01. The van der Waals surface area contributed by atoms with Gasteiger partial charge in [0, 0.05) is 25.2 Å². The molecule has 0 saturated carbocycles. The molecule has 3 N–H and O–H groups in total.